The standard InChI is InChI=1S/C18H32N2O3/c1-14(2)19-9-3-4-16(17(19)22)20-13-18(6-5-15(20)12-21)7-10-23-11-8-18/h14-16,21H,3-13H2,1-2H3. The lowest BCUT2D eigenvalue weighted by molar-refractivity contribution is -0.148. The van der Waals surface area contributed by atoms with E-state index in [0.29, 0.717) is 5.41 Å². The molecular formula is C18H32N2O3. The molecule has 0 aliphatic carbocycles. The molecule has 5 nitrogen and oxygen atoms in total. The Balaban J connectivity index is 1.77. The Morgan fingerprint density at radius 3 is 2.65 bits per heavy atom. The molecule has 23 heavy (non-hydrogen) atoms. The van der Waals surface area contributed by atoms with Gasteiger partial charge in [-0.05, 0) is 57.8 Å². The summed E-state index contributed by atoms with van der Waals surface area (Å²) in [6.07, 6.45) is 6.35. The maximum Gasteiger partial charge on any atom is 0.240 e. The van der Waals surface area contributed by atoms with Crippen molar-refractivity contribution < 1.29 is 14.6 Å². The Labute approximate surface area is 140 Å². The van der Waals surface area contributed by atoms with Crippen molar-refractivity contribution in [1.29, 1.82) is 0 Å². The lowest BCUT2D eigenvalue weighted by atomic mass is 9.71. The molecular weight excluding hydrogens is 292 g/mol. The largest absolute Gasteiger partial charge is 0.395 e. The number of ether oxygens (including phenoxy) is 1. The van der Waals surface area contributed by atoms with Crippen molar-refractivity contribution in [3.05, 3.63) is 0 Å². The van der Waals surface area contributed by atoms with E-state index in [1.165, 1.54) is 0 Å². The van der Waals surface area contributed by atoms with Gasteiger partial charge in [0.1, 0.15) is 0 Å². The number of rotatable bonds is 3. The van der Waals surface area contributed by atoms with Crippen LogP contribution in [0, 0.1) is 5.41 Å². The normalized spacial score (nSPS) is 32.7. The zero-order chi connectivity index (χ0) is 16.4. The fourth-order valence-electron chi connectivity index (χ4n) is 4.71. The lowest BCUT2D eigenvalue weighted by Crippen LogP contribution is -2.62. The zero-order valence-corrected chi connectivity index (χ0v) is 14.7. The quantitative estimate of drug-likeness (QED) is 0.857. The molecule has 0 radical (unpaired) electrons. The van der Waals surface area contributed by atoms with Gasteiger partial charge < -0.3 is 14.7 Å². The lowest BCUT2D eigenvalue weighted by Gasteiger charge is -2.52. The molecule has 1 N–H and O–H groups in total. The van der Waals surface area contributed by atoms with E-state index in [4.69, 9.17) is 4.74 Å². The molecule has 1 amide bonds. The molecule has 132 valence electrons. The van der Waals surface area contributed by atoms with Gasteiger partial charge in [-0.1, -0.05) is 0 Å². The van der Waals surface area contributed by atoms with E-state index >= 15 is 0 Å². The summed E-state index contributed by atoms with van der Waals surface area (Å²) in [4.78, 5) is 17.4. The predicted octanol–water partition coefficient (Wildman–Crippen LogP) is 1.64. The van der Waals surface area contributed by atoms with Crippen LogP contribution in [0.3, 0.4) is 0 Å². The van der Waals surface area contributed by atoms with E-state index in [1.54, 1.807) is 0 Å². The van der Waals surface area contributed by atoms with Gasteiger partial charge in [0.15, 0.2) is 0 Å². The molecule has 0 aromatic heterocycles. The molecule has 0 saturated carbocycles. The number of carbonyl (C=O) groups is 1. The van der Waals surface area contributed by atoms with Crippen LogP contribution in [0.5, 0.6) is 0 Å². The number of aliphatic hydroxyl groups excluding tert-OH is 1. The molecule has 2 atom stereocenters. The fourth-order valence-corrected chi connectivity index (χ4v) is 4.71. The number of aliphatic hydroxyl groups is 1. The number of amides is 1. The van der Waals surface area contributed by atoms with Gasteiger partial charge >= 0.3 is 0 Å². The van der Waals surface area contributed by atoms with Crippen LogP contribution in [0.1, 0.15) is 52.4 Å². The molecule has 0 bridgehead atoms. The zero-order valence-electron chi connectivity index (χ0n) is 14.7. The molecule has 2 unspecified atom stereocenters. The van der Waals surface area contributed by atoms with Crippen molar-refractivity contribution in [2.24, 2.45) is 5.41 Å². The monoisotopic (exact) mass is 324 g/mol. The molecule has 3 aliphatic rings. The van der Waals surface area contributed by atoms with Crippen LogP contribution in [0.2, 0.25) is 0 Å². The van der Waals surface area contributed by atoms with Crippen LogP contribution in [0.25, 0.3) is 0 Å². The van der Waals surface area contributed by atoms with Crippen LogP contribution in [0.4, 0.5) is 0 Å². The first-order valence-electron chi connectivity index (χ1n) is 9.31. The highest BCUT2D eigenvalue weighted by atomic mass is 16.5. The summed E-state index contributed by atoms with van der Waals surface area (Å²) in [5, 5.41) is 9.85. The van der Waals surface area contributed by atoms with Gasteiger partial charge in [-0.15, -0.1) is 0 Å². The number of nitrogens with zero attached hydrogens (tertiary/aromatic N) is 2. The second-order valence-corrected chi connectivity index (χ2v) is 7.94. The molecule has 5 heteroatoms. The Kier molecular flexibility index (Phi) is 5.29. The van der Waals surface area contributed by atoms with Crippen molar-refractivity contribution >= 4 is 5.91 Å². The first-order chi connectivity index (χ1) is 11.1. The second-order valence-electron chi connectivity index (χ2n) is 7.94. The molecule has 1 spiro atoms. The molecule has 3 rings (SSSR count). The van der Waals surface area contributed by atoms with Crippen LogP contribution in [0.15, 0.2) is 0 Å². The second kappa shape index (κ2) is 7.08. The summed E-state index contributed by atoms with van der Waals surface area (Å²) < 4.78 is 5.56. The molecule has 0 aromatic carbocycles. The van der Waals surface area contributed by atoms with E-state index in [0.717, 1.165) is 64.8 Å². The van der Waals surface area contributed by atoms with Gasteiger partial charge in [0.2, 0.25) is 5.91 Å². The van der Waals surface area contributed by atoms with E-state index in [9.17, 15) is 9.90 Å². The smallest absolute Gasteiger partial charge is 0.240 e. The van der Waals surface area contributed by atoms with Crippen molar-refractivity contribution in [1.82, 2.24) is 9.80 Å². The third-order valence-electron chi connectivity index (χ3n) is 6.23. The van der Waals surface area contributed by atoms with Crippen molar-refractivity contribution in [2.45, 2.75) is 70.5 Å². The molecule has 3 saturated heterocycles. The minimum Gasteiger partial charge on any atom is -0.395 e. The SMILES string of the molecule is CC(C)N1CCCC(N2CC3(CCOCC3)CCC2CO)C1=O. The van der Waals surface area contributed by atoms with Crippen molar-refractivity contribution in [2.75, 3.05) is 32.9 Å². The maximum atomic E-state index is 13.0. The number of carbonyl (C=O) groups excluding carboxylic acids is 1. The van der Waals surface area contributed by atoms with Crippen LogP contribution < -0.4 is 0 Å². The predicted molar refractivity (Wildman–Crippen MR) is 89.2 cm³/mol. The minimum atomic E-state index is -0.0386. The third-order valence-corrected chi connectivity index (χ3v) is 6.23. The van der Waals surface area contributed by atoms with Gasteiger partial charge in [-0.25, -0.2) is 0 Å². The molecule has 3 heterocycles. The maximum absolute atomic E-state index is 13.0. The van der Waals surface area contributed by atoms with E-state index in [-0.39, 0.29) is 30.6 Å². The first-order valence-corrected chi connectivity index (χ1v) is 9.31. The molecule has 0 aromatic rings. The summed E-state index contributed by atoms with van der Waals surface area (Å²) >= 11 is 0. The van der Waals surface area contributed by atoms with Gasteiger partial charge in [-0.3, -0.25) is 9.69 Å². The summed E-state index contributed by atoms with van der Waals surface area (Å²) in [7, 11) is 0. The highest BCUT2D eigenvalue weighted by Crippen LogP contribution is 2.42. The minimum absolute atomic E-state index is 0.0386. The third kappa shape index (κ3) is 3.42. The summed E-state index contributed by atoms with van der Waals surface area (Å²) in [5.74, 6) is 0.272. The Hall–Kier alpha value is -0.650. The van der Waals surface area contributed by atoms with E-state index in [2.05, 4.69) is 18.7 Å². The average molecular weight is 324 g/mol. The topological polar surface area (TPSA) is 53.0 Å². The number of likely N-dealkylation sites (tertiary alicyclic amines) is 2. The Morgan fingerprint density at radius 1 is 1.26 bits per heavy atom. The van der Waals surface area contributed by atoms with Crippen molar-refractivity contribution in [3.8, 4) is 0 Å². The highest BCUT2D eigenvalue weighted by molar-refractivity contribution is 5.83. The summed E-state index contributed by atoms with van der Waals surface area (Å²) in [6, 6.07) is 0.368. The van der Waals surface area contributed by atoms with Crippen molar-refractivity contribution in [3.63, 3.8) is 0 Å². The number of hydrogen-bond donors (Lipinski definition) is 1. The van der Waals surface area contributed by atoms with Crippen LogP contribution in [-0.2, 0) is 9.53 Å². The number of piperidine rings is 2. The van der Waals surface area contributed by atoms with E-state index in [1.807, 2.05) is 4.90 Å². The summed E-state index contributed by atoms with van der Waals surface area (Å²) in [5.41, 5.74) is 0.296. The molecule has 3 fully saturated rings. The fraction of sp³-hybridized carbons (Fsp3) is 0.944. The molecule has 3 aliphatic heterocycles. The Bertz CT molecular complexity index is 420. The van der Waals surface area contributed by atoms with Gasteiger partial charge in [-0.2, -0.15) is 0 Å². The number of hydrogen-bond acceptors (Lipinski definition) is 4. The van der Waals surface area contributed by atoms with Crippen LogP contribution >= 0.6 is 0 Å². The summed E-state index contributed by atoms with van der Waals surface area (Å²) in [6.45, 7) is 7.87. The van der Waals surface area contributed by atoms with Crippen LogP contribution in [-0.4, -0.2) is 71.8 Å². The Morgan fingerprint density at radius 2 is 2.00 bits per heavy atom. The first kappa shape index (κ1) is 17.2. The average Bonchev–Trinajstić information content (AvgIpc) is 2.55. The van der Waals surface area contributed by atoms with Gasteiger partial charge in [0.05, 0.1) is 12.6 Å². The van der Waals surface area contributed by atoms with Gasteiger partial charge in [0.25, 0.3) is 0 Å². The highest BCUT2D eigenvalue weighted by Gasteiger charge is 2.45. The van der Waals surface area contributed by atoms with Gasteiger partial charge in [0, 0.05) is 38.4 Å². The van der Waals surface area contributed by atoms with E-state index < -0.39 is 0 Å².